The molecule has 2 aromatic rings. The molecule has 0 aliphatic rings. The van der Waals surface area contributed by atoms with Crippen LogP contribution in [0, 0.1) is 6.92 Å². The number of nitrogens with two attached hydrogens (primary N) is 1. The lowest BCUT2D eigenvalue weighted by Crippen LogP contribution is -2.05. The van der Waals surface area contributed by atoms with E-state index in [4.69, 9.17) is 5.73 Å². The van der Waals surface area contributed by atoms with Gasteiger partial charge in [-0.3, -0.25) is 4.68 Å². The monoisotopic (exact) mass is 216 g/mol. The Morgan fingerprint density at radius 2 is 2.19 bits per heavy atom. The van der Waals surface area contributed by atoms with Gasteiger partial charge in [0, 0.05) is 13.5 Å². The Balaban J connectivity index is 2.20. The van der Waals surface area contributed by atoms with Crippen LogP contribution in [-0.4, -0.2) is 14.8 Å². The molecule has 0 amide bonds. The minimum atomic E-state index is 0.428. The van der Waals surface area contributed by atoms with E-state index in [0.29, 0.717) is 6.54 Å². The van der Waals surface area contributed by atoms with E-state index in [2.05, 4.69) is 41.3 Å². The predicted octanol–water partition coefficient (Wildman–Crippen LogP) is 1.17. The molecular formula is C12H16N4. The van der Waals surface area contributed by atoms with Crippen LogP contribution in [0.15, 0.2) is 24.3 Å². The van der Waals surface area contributed by atoms with E-state index < -0.39 is 0 Å². The summed E-state index contributed by atoms with van der Waals surface area (Å²) >= 11 is 0. The third-order valence-corrected chi connectivity index (χ3v) is 2.52. The maximum absolute atomic E-state index is 5.56. The molecule has 4 heteroatoms. The molecule has 1 heterocycles. The molecular weight excluding hydrogens is 200 g/mol. The van der Waals surface area contributed by atoms with Crippen molar-refractivity contribution in [2.75, 3.05) is 0 Å². The lowest BCUT2D eigenvalue weighted by Gasteiger charge is -1.98. The molecule has 4 nitrogen and oxygen atoms in total. The van der Waals surface area contributed by atoms with E-state index in [9.17, 15) is 0 Å². The van der Waals surface area contributed by atoms with Gasteiger partial charge in [0.05, 0.1) is 6.54 Å². The van der Waals surface area contributed by atoms with Crippen molar-refractivity contribution in [3.05, 3.63) is 47.0 Å². The summed E-state index contributed by atoms with van der Waals surface area (Å²) in [5, 5.41) is 4.33. The number of hydrogen-bond donors (Lipinski definition) is 1. The van der Waals surface area contributed by atoms with Crippen LogP contribution in [-0.2, 0) is 20.0 Å². The van der Waals surface area contributed by atoms with Gasteiger partial charge in [-0.2, -0.15) is 5.10 Å². The molecule has 0 aliphatic heterocycles. The second-order valence-corrected chi connectivity index (χ2v) is 3.94. The lowest BCUT2D eigenvalue weighted by atomic mass is 10.1. The fourth-order valence-electron chi connectivity index (χ4n) is 1.73. The third-order valence-electron chi connectivity index (χ3n) is 2.52. The minimum absolute atomic E-state index is 0.428. The average molecular weight is 216 g/mol. The summed E-state index contributed by atoms with van der Waals surface area (Å²) in [5.41, 5.74) is 8.05. The van der Waals surface area contributed by atoms with E-state index in [-0.39, 0.29) is 0 Å². The van der Waals surface area contributed by atoms with Crippen molar-refractivity contribution in [2.45, 2.75) is 19.9 Å². The van der Waals surface area contributed by atoms with Gasteiger partial charge < -0.3 is 5.73 Å². The van der Waals surface area contributed by atoms with Crippen molar-refractivity contribution in [1.82, 2.24) is 14.8 Å². The second kappa shape index (κ2) is 4.45. The first kappa shape index (κ1) is 10.8. The first-order chi connectivity index (χ1) is 7.69. The lowest BCUT2D eigenvalue weighted by molar-refractivity contribution is 0.696. The molecule has 84 valence electrons. The average Bonchev–Trinajstić information content (AvgIpc) is 2.58. The molecule has 0 atom stereocenters. The molecule has 0 aliphatic carbocycles. The minimum Gasteiger partial charge on any atom is -0.324 e. The van der Waals surface area contributed by atoms with Gasteiger partial charge in [-0.05, 0) is 12.5 Å². The van der Waals surface area contributed by atoms with Crippen molar-refractivity contribution < 1.29 is 0 Å². The van der Waals surface area contributed by atoms with Crippen molar-refractivity contribution in [1.29, 1.82) is 0 Å². The Morgan fingerprint density at radius 3 is 2.81 bits per heavy atom. The van der Waals surface area contributed by atoms with Crippen LogP contribution >= 0.6 is 0 Å². The van der Waals surface area contributed by atoms with Crippen LogP contribution in [0.5, 0.6) is 0 Å². The molecule has 2 rings (SSSR count). The molecule has 0 spiro atoms. The summed E-state index contributed by atoms with van der Waals surface area (Å²) in [7, 11) is 1.87. The van der Waals surface area contributed by atoms with E-state index in [0.717, 1.165) is 18.1 Å². The molecule has 0 saturated heterocycles. The van der Waals surface area contributed by atoms with Crippen LogP contribution < -0.4 is 5.73 Å². The largest absolute Gasteiger partial charge is 0.324 e. The fraction of sp³-hybridized carbons (Fsp3) is 0.333. The number of nitrogens with zero attached hydrogens (tertiary/aromatic N) is 3. The van der Waals surface area contributed by atoms with Crippen molar-refractivity contribution in [3.8, 4) is 0 Å². The SMILES string of the molecule is Cc1cccc(Cc2nc(CN)n(C)n2)c1. The van der Waals surface area contributed by atoms with Crippen molar-refractivity contribution in [2.24, 2.45) is 12.8 Å². The molecule has 0 unspecified atom stereocenters. The Kier molecular flexibility index (Phi) is 3.01. The quantitative estimate of drug-likeness (QED) is 0.838. The first-order valence-electron chi connectivity index (χ1n) is 5.33. The van der Waals surface area contributed by atoms with Gasteiger partial charge in [0.25, 0.3) is 0 Å². The van der Waals surface area contributed by atoms with Gasteiger partial charge in [-0.15, -0.1) is 0 Å². The van der Waals surface area contributed by atoms with Crippen molar-refractivity contribution in [3.63, 3.8) is 0 Å². The number of rotatable bonds is 3. The van der Waals surface area contributed by atoms with Gasteiger partial charge in [0.1, 0.15) is 5.82 Å². The molecule has 2 N–H and O–H groups in total. The highest BCUT2D eigenvalue weighted by Gasteiger charge is 2.06. The van der Waals surface area contributed by atoms with Crippen LogP contribution in [0.3, 0.4) is 0 Å². The zero-order chi connectivity index (χ0) is 11.5. The number of benzene rings is 1. The molecule has 0 saturated carbocycles. The Hall–Kier alpha value is -1.68. The molecule has 1 aromatic heterocycles. The van der Waals surface area contributed by atoms with Gasteiger partial charge >= 0.3 is 0 Å². The fourth-order valence-corrected chi connectivity index (χ4v) is 1.73. The third kappa shape index (κ3) is 2.28. The van der Waals surface area contributed by atoms with Gasteiger partial charge in [-0.1, -0.05) is 29.8 Å². The maximum Gasteiger partial charge on any atom is 0.155 e. The van der Waals surface area contributed by atoms with E-state index in [1.165, 1.54) is 11.1 Å². The smallest absolute Gasteiger partial charge is 0.155 e. The summed E-state index contributed by atoms with van der Waals surface area (Å²) in [6.45, 7) is 2.51. The highest BCUT2D eigenvalue weighted by molar-refractivity contribution is 5.24. The van der Waals surface area contributed by atoms with E-state index in [1.54, 1.807) is 4.68 Å². The van der Waals surface area contributed by atoms with Gasteiger partial charge in [0.2, 0.25) is 0 Å². The Morgan fingerprint density at radius 1 is 1.38 bits per heavy atom. The second-order valence-electron chi connectivity index (χ2n) is 3.94. The summed E-state index contributed by atoms with van der Waals surface area (Å²) in [5.74, 6) is 1.65. The first-order valence-corrected chi connectivity index (χ1v) is 5.33. The normalized spacial score (nSPS) is 10.7. The zero-order valence-corrected chi connectivity index (χ0v) is 9.64. The molecule has 0 radical (unpaired) electrons. The zero-order valence-electron chi connectivity index (χ0n) is 9.64. The number of hydrogen-bond acceptors (Lipinski definition) is 3. The van der Waals surface area contributed by atoms with E-state index in [1.807, 2.05) is 7.05 Å². The topological polar surface area (TPSA) is 56.7 Å². The predicted molar refractivity (Wildman–Crippen MR) is 62.9 cm³/mol. The van der Waals surface area contributed by atoms with E-state index >= 15 is 0 Å². The Bertz CT molecular complexity index is 488. The van der Waals surface area contributed by atoms with Gasteiger partial charge in [0.15, 0.2) is 5.82 Å². The standard InChI is InChI=1S/C12H16N4/c1-9-4-3-5-10(6-9)7-11-14-12(8-13)16(2)15-11/h3-6H,7-8,13H2,1-2H3. The van der Waals surface area contributed by atoms with Crippen LogP contribution in [0.4, 0.5) is 0 Å². The number of aryl methyl sites for hydroxylation is 2. The van der Waals surface area contributed by atoms with Crippen LogP contribution in [0.2, 0.25) is 0 Å². The summed E-state index contributed by atoms with van der Waals surface area (Å²) < 4.78 is 1.74. The van der Waals surface area contributed by atoms with Crippen LogP contribution in [0.25, 0.3) is 0 Å². The summed E-state index contributed by atoms with van der Waals surface area (Å²) in [6, 6.07) is 8.38. The molecule has 0 bridgehead atoms. The van der Waals surface area contributed by atoms with Crippen LogP contribution in [0.1, 0.15) is 22.8 Å². The van der Waals surface area contributed by atoms with Gasteiger partial charge in [-0.25, -0.2) is 4.98 Å². The van der Waals surface area contributed by atoms with Crippen molar-refractivity contribution >= 4 is 0 Å². The maximum atomic E-state index is 5.56. The Labute approximate surface area is 95.1 Å². The molecule has 16 heavy (non-hydrogen) atoms. The molecule has 0 fully saturated rings. The highest BCUT2D eigenvalue weighted by atomic mass is 15.3. The summed E-state index contributed by atoms with van der Waals surface area (Å²) in [4.78, 5) is 4.38. The molecule has 1 aromatic carbocycles. The summed E-state index contributed by atoms with van der Waals surface area (Å²) in [6.07, 6.45) is 0.759. The highest BCUT2D eigenvalue weighted by Crippen LogP contribution is 2.08. The number of aromatic nitrogens is 3.